The molecule has 0 aliphatic heterocycles. The number of hydrogen-bond acceptors (Lipinski definition) is 3. The summed E-state index contributed by atoms with van der Waals surface area (Å²) in [6.07, 6.45) is 1.16. The Bertz CT molecular complexity index is 742. The van der Waals surface area contributed by atoms with Gasteiger partial charge in [0.05, 0.1) is 18.3 Å². The lowest BCUT2D eigenvalue weighted by Crippen LogP contribution is -2.38. The SMILES string of the molecule is CCNC(=NCc1cccc(OC(C)C)c1)NCCCn1nc(C)cc1C.I. The standard InChI is InChI=1S/C21H33N5O.HI/c1-6-22-21(23-11-8-12-26-18(5)13-17(4)25-26)24-15-19-9-7-10-20(14-19)27-16(2)3;/h7,9-10,13-14,16H,6,8,11-12,15H2,1-5H3,(H2,22,23,24);1H. The van der Waals surface area contributed by atoms with Crippen molar-refractivity contribution in [1.82, 2.24) is 20.4 Å². The highest BCUT2D eigenvalue weighted by Gasteiger charge is 2.03. The zero-order valence-electron chi connectivity index (χ0n) is 17.7. The molecule has 6 nitrogen and oxygen atoms in total. The van der Waals surface area contributed by atoms with Crippen LogP contribution in [-0.2, 0) is 13.1 Å². The molecule has 0 aliphatic carbocycles. The van der Waals surface area contributed by atoms with E-state index in [9.17, 15) is 0 Å². The van der Waals surface area contributed by atoms with Crippen LogP contribution in [0.4, 0.5) is 0 Å². The number of rotatable bonds is 9. The molecule has 0 amide bonds. The van der Waals surface area contributed by atoms with Crippen LogP contribution in [0.2, 0.25) is 0 Å². The van der Waals surface area contributed by atoms with Crippen molar-refractivity contribution in [3.8, 4) is 5.75 Å². The molecule has 2 aromatic rings. The number of nitrogens with zero attached hydrogens (tertiary/aromatic N) is 3. The highest BCUT2D eigenvalue weighted by molar-refractivity contribution is 14.0. The lowest BCUT2D eigenvalue weighted by Gasteiger charge is -2.13. The van der Waals surface area contributed by atoms with Crippen LogP contribution in [0, 0.1) is 13.8 Å². The van der Waals surface area contributed by atoms with Crippen LogP contribution < -0.4 is 15.4 Å². The second-order valence-electron chi connectivity index (χ2n) is 6.94. The molecule has 0 saturated heterocycles. The number of benzene rings is 1. The summed E-state index contributed by atoms with van der Waals surface area (Å²) in [4.78, 5) is 4.69. The van der Waals surface area contributed by atoms with Crippen molar-refractivity contribution in [3.63, 3.8) is 0 Å². The van der Waals surface area contributed by atoms with E-state index in [1.807, 2.05) is 32.9 Å². The van der Waals surface area contributed by atoms with Gasteiger partial charge >= 0.3 is 0 Å². The van der Waals surface area contributed by atoms with Gasteiger partial charge in [0.2, 0.25) is 0 Å². The van der Waals surface area contributed by atoms with Crippen LogP contribution >= 0.6 is 24.0 Å². The summed E-state index contributed by atoms with van der Waals surface area (Å²) in [6.45, 7) is 13.5. The molecule has 7 heteroatoms. The predicted octanol–water partition coefficient (Wildman–Crippen LogP) is 4.05. The average molecular weight is 499 g/mol. The minimum Gasteiger partial charge on any atom is -0.491 e. The summed E-state index contributed by atoms with van der Waals surface area (Å²) in [5.41, 5.74) is 3.41. The van der Waals surface area contributed by atoms with Gasteiger partial charge in [-0.25, -0.2) is 4.99 Å². The third-order valence-electron chi connectivity index (χ3n) is 3.98. The predicted molar refractivity (Wildman–Crippen MR) is 127 cm³/mol. The van der Waals surface area contributed by atoms with Gasteiger partial charge < -0.3 is 15.4 Å². The molecule has 156 valence electrons. The first-order valence-electron chi connectivity index (χ1n) is 9.76. The first-order chi connectivity index (χ1) is 13.0. The van der Waals surface area contributed by atoms with Gasteiger partial charge in [-0.15, -0.1) is 24.0 Å². The van der Waals surface area contributed by atoms with Gasteiger partial charge in [-0.05, 0) is 64.8 Å². The summed E-state index contributed by atoms with van der Waals surface area (Å²) in [6, 6.07) is 10.2. The van der Waals surface area contributed by atoms with Gasteiger partial charge in [0.15, 0.2) is 5.96 Å². The fourth-order valence-electron chi connectivity index (χ4n) is 2.84. The topological polar surface area (TPSA) is 63.5 Å². The summed E-state index contributed by atoms with van der Waals surface area (Å²) in [7, 11) is 0. The lowest BCUT2D eigenvalue weighted by atomic mass is 10.2. The largest absolute Gasteiger partial charge is 0.491 e. The minimum atomic E-state index is 0. The Hall–Kier alpha value is -1.77. The van der Waals surface area contributed by atoms with E-state index in [0.29, 0.717) is 6.54 Å². The molecule has 28 heavy (non-hydrogen) atoms. The monoisotopic (exact) mass is 499 g/mol. The number of aryl methyl sites for hydroxylation is 3. The maximum Gasteiger partial charge on any atom is 0.191 e. The maximum atomic E-state index is 5.75. The van der Waals surface area contributed by atoms with Gasteiger partial charge in [0.25, 0.3) is 0 Å². The molecule has 2 N–H and O–H groups in total. The molecule has 1 aromatic heterocycles. The quantitative estimate of drug-likeness (QED) is 0.237. The number of halogens is 1. The average Bonchev–Trinajstić information content (AvgIpc) is 2.93. The Labute approximate surface area is 186 Å². The summed E-state index contributed by atoms with van der Waals surface area (Å²) in [5, 5.41) is 11.2. The molecule has 0 aliphatic rings. The van der Waals surface area contributed by atoms with Crippen molar-refractivity contribution < 1.29 is 4.74 Å². The third kappa shape index (κ3) is 8.50. The van der Waals surface area contributed by atoms with Crippen LogP contribution in [-0.4, -0.2) is 34.9 Å². The second-order valence-corrected chi connectivity index (χ2v) is 6.94. The molecule has 0 atom stereocenters. The van der Waals surface area contributed by atoms with Crippen molar-refractivity contribution >= 4 is 29.9 Å². The molecule has 1 heterocycles. The first-order valence-corrected chi connectivity index (χ1v) is 9.76. The Morgan fingerprint density at radius 1 is 1.21 bits per heavy atom. The Morgan fingerprint density at radius 3 is 2.64 bits per heavy atom. The van der Waals surface area contributed by atoms with E-state index in [-0.39, 0.29) is 30.1 Å². The van der Waals surface area contributed by atoms with Gasteiger partial charge in [-0.2, -0.15) is 5.10 Å². The number of hydrogen-bond donors (Lipinski definition) is 2. The zero-order chi connectivity index (χ0) is 19.6. The smallest absolute Gasteiger partial charge is 0.191 e. The van der Waals surface area contributed by atoms with E-state index in [1.165, 1.54) is 5.69 Å². The fourth-order valence-corrected chi connectivity index (χ4v) is 2.84. The zero-order valence-corrected chi connectivity index (χ0v) is 20.0. The number of aliphatic imine (C=N–C) groups is 1. The lowest BCUT2D eigenvalue weighted by molar-refractivity contribution is 0.242. The number of aromatic nitrogens is 2. The molecule has 0 bridgehead atoms. The normalized spacial score (nSPS) is 11.3. The molecule has 0 radical (unpaired) electrons. The van der Waals surface area contributed by atoms with E-state index < -0.39 is 0 Å². The van der Waals surface area contributed by atoms with Crippen molar-refractivity contribution in [2.45, 2.75) is 60.2 Å². The maximum absolute atomic E-state index is 5.75. The second kappa shape index (κ2) is 12.6. The number of guanidine groups is 1. The molecular weight excluding hydrogens is 465 g/mol. The van der Waals surface area contributed by atoms with E-state index in [2.05, 4.69) is 57.5 Å². The molecule has 0 fully saturated rings. The first kappa shape index (κ1) is 24.3. The van der Waals surface area contributed by atoms with Crippen molar-refractivity contribution in [3.05, 3.63) is 47.3 Å². The Kier molecular flexibility index (Phi) is 11.0. The minimum absolute atomic E-state index is 0. The third-order valence-corrected chi connectivity index (χ3v) is 3.98. The highest BCUT2D eigenvalue weighted by atomic mass is 127. The van der Waals surface area contributed by atoms with Gasteiger partial charge in [0, 0.05) is 25.3 Å². The summed E-state index contributed by atoms with van der Waals surface area (Å²) < 4.78 is 7.81. The van der Waals surface area contributed by atoms with E-state index >= 15 is 0 Å². The molecule has 1 aromatic carbocycles. The van der Waals surface area contributed by atoms with Crippen molar-refractivity contribution in [2.24, 2.45) is 4.99 Å². The number of nitrogens with one attached hydrogen (secondary N) is 2. The molecule has 2 rings (SSSR count). The van der Waals surface area contributed by atoms with Gasteiger partial charge in [0.1, 0.15) is 5.75 Å². The summed E-state index contributed by atoms with van der Waals surface area (Å²) >= 11 is 0. The highest BCUT2D eigenvalue weighted by Crippen LogP contribution is 2.15. The van der Waals surface area contributed by atoms with E-state index in [4.69, 9.17) is 4.74 Å². The molecule has 0 unspecified atom stereocenters. The van der Waals surface area contributed by atoms with Gasteiger partial charge in [-0.1, -0.05) is 12.1 Å². The van der Waals surface area contributed by atoms with E-state index in [0.717, 1.165) is 49.0 Å². The van der Waals surface area contributed by atoms with Crippen LogP contribution in [0.1, 0.15) is 44.1 Å². The van der Waals surface area contributed by atoms with Crippen LogP contribution in [0.3, 0.4) is 0 Å². The fraction of sp³-hybridized carbons (Fsp3) is 0.524. The summed E-state index contributed by atoms with van der Waals surface area (Å²) in [5.74, 6) is 1.72. The van der Waals surface area contributed by atoms with Crippen molar-refractivity contribution in [2.75, 3.05) is 13.1 Å². The van der Waals surface area contributed by atoms with Crippen LogP contribution in [0.5, 0.6) is 5.75 Å². The number of ether oxygens (including phenoxy) is 1. The Morgan fingerprint density at radius 2 is 2.00 bits per heavy atom. The van der Waals surface area contributed by atoms with Gasteiger partial charge in [-0.3, -0.25) is 4.68 Å². The van der Waals surface area contributed by atoms with Crippen LogP contribution in [0.25, 0.3) is 0 Å². The van der Waals surface area contributed by atoms with Crippen LogP contribution in [0.15, 0.2) is 35.3 Å². The molecular formula is C21H34IN5O. The molecule has 0 spiro atoms. The van der Waals surface area contributed by atoms with E-state index in [1.54, 1.807) is 0 Å². The van der Waals surface area contributed by atoms with Crippen molar-refractivity contribution in [1.29, 1.82) is 0 Å². The Balaban J connectivity index is 0.00000392. The molecule has 0 saturated carbocycles.